The molecule has 0 atom stereocenters. The molecule has 1 aliphatic heterocycles. The number of likely N-dealkylation sites (tertiary alicyclic amines) is 1. The predicted molar refractivity (Wildman–Crippen MR) is 114 cm³/mol. The molecule has 0 amide bonds. The van der Waals surface area contributed by atoms with Gasteiger partial charge >= 0.3 is 0 Å². The van der Waals surface area contributed by atoms with Crippen molar-refractivity contribution in [3.8, 4) is 0 Å². The topological polar surface area (TPSA) is 55.3 Å². The summed E-state index contributed by atoms with van der Waals surface area (Å²) in [5, 5.41) is 3.45. The summed E-state index contributed by atoms with van der Waals surface area (Å²) in [5.74, 6) is 0.992. The number of aliphatic imine (C=N–C) groups is 1. The molecule has 1 aromatic carbocycles. The van der Waals surface area contributed by atoms with Gasteiger partial charge in [0.2, 0.25) is 0 Å². The lowest BCUT2D eigenvalue weighted by Gasteiger charge is -2.34. The summed E-state index contributed by atoms with van der Waals surface area (Å²) >= 11 is 0. The number of rotatable bonds is 11. The van der Waals surface area contributed by atoms with E-state index < -0.39 is 0 Å². The number of guanidine groups is 1. The lowest BCUT2D eigenvalue weighted by atomic mass is 10.1. The SMILES string of the molecule is CCNC(=NCc1ccccc1COCC)N1CCC(OCCCOC)CC1. The van der Waals surface area contributed by atoms with Crippen LogP contribution in [0.2, 0.25) is 0 Å². The van der Waals surface area contributed by atoms with E-state index in [4.69, 9.17) is 19.2 Å². The normalized spacial score (nSPS) is 15.8. The summed E-state index contributed by atoms with van der Waals surface area (Å²) < 4.78 is 16.6. The van der Waals surface area contributed by atoms with Crippen LogP contribution in [0.5, 0.6) is 0 Å². The predicted octanol–water partition coefficient (Wildman–Crippen LogP) is 3.21. The van der Waals surface area contributed by atoms with Crippen molar-refractivity contribution >= 4 is 5.96 Å². The van der Waals surface area contributed by atoms with Crippen LogP contribution in [0.15, 0.2) is 29.3 Å². The van der Waals surface area contributed by atoms with Gasteiger partial charge in [0, 0.05) is 46.6 Å². The molecule has 6 heteroatoms. The van der Waals surface area contributed by atoms with E-state index in [0.29, 0.717) is 19.3 Å². The fraction of sp³-hybridized carbons (Fsp3) is 0.682. The fourth-order valence-corrected chi connectivity index (χ4v) is 3.34. The second-order valence-electron chi connectivity index (χ2n) is 6.98. The second-order valence-corrected chi connectivity index (χ2v) is 6.98. The summed E-state index contributed by atoms with van der Waals surface area (Å²) in [6.07, 6.45) is 3.39. The third kappa shape index (κ3) is 7.78. The summed E-state index contributed by atoms with van der Waals surface area (Å²) in [5.41, 5.74) is 2.44. The lowest BCUT2D eigenvalue weighted by Crippen LogP contribution is -2.47. The highest BCUT2D eigenvalue weighted by Crippen LogP contribution is 2.16. The number of nitrogens with zero attached hydrogens (tertiary/aromatic N) is 2. The van der Waals surface area contributed by atoms with Crippen LogP contribution in [0.1, 0.15) is 44.2 Å². The molecule has 158 valence electrons. The van der Waals surface area contributed by atoms with Crippen LogP contribution in [-0.4, -0.2) is 63.5 Å². The Bertz CT molecular complexity index is 572. The van der Waals surface area contributed by atoms with E-state index in [9.17, 15) is 0 Å². The molecule has 1 aliphatic rings. The lowest BCUT2D eigenvalue weighted by molar-refractivity contribution is 0.00990. The molecule has 0 aromatic heterocycles. The first-order chi connectivity index (χ1) is 13.8. The van der Waals surface area contributed by atoms with Crippen LogP contribution in [0, 0.1) is 0 Å². The zero-order valence-corrected chi connectivity index (χ0v) is 17.8. The Morgan fingerprint density at radius 1 is 1.14 bits per heavy atom. The third-order valence-electron chi connectivity index (χ3n) is 4.90. The van der Waals surface area contributed by atoms with Gasteiger partial charge in [-0.2, -0.15) is 0 Å². The van der Waals surface area contributed by atoms with Crippen LogP contribution < -0.4 is 5.32 Å². The zero-order chi connectivity index (χ0) is 20.0. The van der Waals surface area contributed by atoms with E-state index in [1.807, 2.05) is 6.92 Å². The Morgan fingerprint density at radius 3 is 2.57 bits per heavy atom. The van der Waals surface area contributed by atoms with Crippen molar-refractivity contribution in [2.24, 2.45) is 4.99 Å². The molecule has 6 nitrogen and oxygen atoms in total. The Morgan fingerprint density at radius 2 is 1.89 bits per heavy atom. The molecule has 1 heterocycles. The molecule has 0 aliphatic carbocycles. The average Bonchev–Trinajstić information content (AvgIpc) is 2.74. The van der Waals surface area contributed by atoms with E-state index >= 15 is 0 Å². The van der Waals surface area contributed by atoms with Crippen LogP contribution in [0.25, 0.3) is 0 Å². The second kappa shape index (κ2) is 13.5. The van der Waals surface area contributed by atoms with Crippen molar-refractivity contribution in [2.75, 3.05) is 46.6 Å². The minimum atomic E-state index is 0.350. The van der Waals surface area contributed by atoms with E-state index in [1.54, 1.807) is 7.11 Å². The first-order valence-corrected chi connectivity index (χ1v) is 10.6. The van der Waals surface area contributed by atoms with Gasteiger partial charge in [-0.3, -0.25) is 0 Å². The first-order valence-electron chi connectivity index (χ1n) is 10.6. The van der Waals surface area contributed by atoms with Crippen LogP contribution >= 0.6 is 0 Å². The quantitative estimate of drug-likeness (QED) is 0.357. The van der Waals surface area contributed by atoms with Gasteiger partial charge in [0.05, 0.1) is 19.3 Å². The van der Waals surface area contributed by atoms with E-state index in [-0.39, 0.29) is 0 Å². The van der Waals surface area contributed by atoms with Crippen molar-refractivity contribution in [3.05, 3.63) is 35.4 Å². The summed E-state index contributed by atoms with van der Waals surface area (Å²) in [7, 11) is 1.73. The fourth-order valence-electron chi connectivity index (χ4n) is 3.34. The minimum absolute atomic E-state index is 0.350. The standard InChI is InChI=1S/C22H37N3O3/c1-4-23-22(24-17-19-9-6-7-10-20(19)18-27-5-2)25-13-11-21(12-14-25)28-16-8-15-26-3/h6-7,9-10,21H,4-5,8,11-18H2,1-3H3,(H,23,24). The molecule has 2 rings (SSSR count). The molecule has 0 radical (unpaired) electrons. The minimum Gasteiger partial charge on any atom is -0.385 e. The Hall–Kier alpha value is -1.63. The van der Waals surface area contributed by atoms with Crippen LogP contribution in [-0.2, 0) is 27.4 Å². The molecular formula is C22H37N3O3. The van der Waals surface area contributed by atoms with Gasteiger partial charge in [-0.15, -0.1) is 0 Å². The number of nitrogens with one attached hydrogen (secondary N) is 1. The Labute approximate surface area is 170 Å². The van der Waals surface area contributed by atoms with Crippen LogP contribution in [0.3, 0.4) is 0 Å². The van der Waals surface area contributed by atoms with E-state index in [1.165, 1.54) is 11.1 Å². The molecule has 0 spiro atoms. The largest absolute Gasteiger partial charge is 0.385 e. The number of methoxy groups -OCH3 is 1. The van der Waals surface area contributed by atoms with Gasteiger partial charge in [-0.05, 0) is 44.2 Å². The maximum atomic E-state index is 5.97. The number of hydrogen-bond donors (Lipinski definition) is 1. The van der Waals surface area contributed by atoms with Crippen molar-refractivity contribution in [2.45, 2.75) is 52.4 Å². The van der Waals surface area contributed by atoms with Gasteiger partial charge < -0.3 is 24.4 Å². The van der Waals surface area contributed by atoms with Gasteiger partial charge in [-0.25, -0.2) is 4.99 Å². The highest BCUT2D eigenvalue weighted by atomic mass is 16.5. The molecule has 1 saturated heterocycles. The smallest absolute Gasteiger partial charge is 0.194 e. The van der Waals surface area contributed by atoms with Crippen molar-refractivity contribution in [1.29, 1.82) is 0 Å². The Kier molecular flexibility index (Phi) is 10.9. The van der Waals surface area contributed by atoms with Gasteiger partial charge in [0.15, 0.2) is 5.96 Å². The molecular weight excluding hydrogens is 354 g/mol. The monoisotopic (exact) mass is 391 g/mol. The average molecular weight is 392 g/mol. The number of piperidine rings is 1. The van der Waals surface area contributed by atoms with Crippen molar-refractivity contribution < 1.29 is 14.2 Å². The summed E-state index contributed by atoms with van der Waals surface area (Å²) in [4.78, 5) is 7.26. The summed E-state index contributed by atoms with van der Waals surface area (Å²) in [6, 6.07) is 8.39. The highest BCUT2D eigenvalue weighted by Gasteiger charge is 2.21. The van der Waals surface area contributed by atoms with Crippen molar-refractivity contribution in [1.82, 2.24) is 10.2 Å². The maximum Gasteiger partial charge on any atom is 0.194 e. The zero-order valence-electron chi connectivity index (χ0n) is 17.8. The number of ether oxygens (including phenoxy) is 3. The molecule has 1 fully saturated rings. The van der Waals surface area contributed by atoms with Crippen LogP contribution in [0.4, 0.5) is 0 Å². The number of hydrogen-bond acceptors (Lipinski definition) is 4. The first kappa shape index (κ1) is 22.7. The molecule has 0 saturated carbocycles. The molecule has 1 N–H and O–H groups in total. The van der Waals surface area contributed by atoms with E-state index in [0.717, 1.165) is 64.7 Å². The Balaban J connectivity index is 1.89. The summed E-state index contributed by atoms with van der Waals surface area (Å²) in [6.45, 7) is 10.5. The maximum absolute atomic E-state index is 5.97. The molecule has 0 bridgehead atoms. The highest BCUT2D eigenvalue weighted by molar-refractivity contribution is 5.80. The third-order valence-corrected chi connectivity index (χ3v) is 4.90. The van der Waals surface area contributed by atoms with E-state index in [2.05, 4.69) is 41.4 Å². The molecule has 1 aromatic rings. The van der Waals surface area contributed by atoms with Gasteiger partial charge in [0.25, 0.3) is 0 Å². The molecule has 28 heavy (non-hydrogen) atoms. The van der Waals surface area contributed by atoms with Crippen molar-refractivity contribution in [3.63, 3.8) is 0 Å². The number of benzene rings is 1. The van der Waals surface area contributed by atoms with Gasteiger partial charge in [0.1, 0.15) is 0 Å². The molecule has 0 unspecified atom stereocenters. The van der Waals surface area contributed by atoms with Gasteiger partial charge in [-0.1, -0.05) is 24.3 Å².